The average molecular weight is 519 g/mol. The lowest BCUT2D eigenvalue weighted by atomic mass is 10.0. The fourth-order valence-electron chi connectivity index (χ4n) is 4.44. The summed E-state index contributed by atoms with van der Waals surface area (Å²) in [6, 6.07) is 14.2. The predicted octanol–water partition coefficient (Wildman–Crippen LogP) is 1.64. The minimum atomic E-state index is -3.92. The van der Waals surface area contributed by atoms with E-state index < -0.39 is 21.1 Å². The van der Waals surface area contributed by atoms with E-state index >= 15 is 0 Å². The normalized spacial score (nSPS) is 18.7. The van der Waals surface area contributed by atoms with E-state index in [1.807, 2.05) is 30.3 Å². The van der Waals surface area contributed by atoms with E-state index in [-0.39, 0.29) is 29.2 Å². The van der Waals surface area contributed by atoms with Gasteiger partial charge in [-0.1, -0.05) is 30.3 Å². The molecule has 2 N–H and O–H groups in total. The molecule has 0 aromatic heterocycles. The second kappa shape index (κ2) is 12.2. The summed E-state index contributed by atoms with van der Waals surface area (Å²) in [6.07, 6.45) is 1.07. The van der Waals surface area contributed by atoms with Crippen molar-refractivity contribution in [3.05, 3.63) is 70.3 Å². The molecule has 0 amide bonds. The summed E-state index contributed by atoms with van der Waals surface area (Å²) in [4.78, 5) is 12.7. The van der Waals surface area contributed by atoms with Gasteiger partial charge in [0.1, 0.15) is 0 Å². The molecule has 2 aliphatic rings. The summed E-state index contributed by atoms with van der Waals surface area (Å²) in [5, 5.41) is 25.7. The van der Waals surface area contributed by atoms with Crippen molar-refractivity contribution < 1.29 is 23.2 Å². The number of nitro benzene ring substituents is 1. The number of morpholine rings is 1. The van der Waals surface area contributed by atoms with Crippen molar-refractivity contribution in [3.8, 4) is 0 Å². The van der Waals surface area contributed by atoms with Crippen molar-refractivity contribution >= 4 is 15.7 Å². The summed E-state index contributed by atoms with van der Waals surface area (Å²) >= 11 is 0. The predicted molar refractivity (Wildman–Crippen MR) is 135 cm³/mol. The lowest BCUT2D eigenvalue weighted by Crippen LogP contribution is -2.51. The van der Waals surface area contributed by atoms with Gasteiger partial charge in [0.05, 0.1) is 29.1 Å². The highest BCUT2D eigenvalue weighted by atomic mass is 32.2. The topological polar surface area (TPSA) is 125 Å². The summed E-state index contributed by atoms with van der Waals surface area (Å²) in [5.41, 5.74) is 0.885. The van der Waals surface area contributed by atoms with Gasteiger partial charge in [0.2, 0.25) is 10.0 Å². The van der Waals surface area contributed by atoms with E-state index in [0.717, 1.165) is 38.0 Å². The number of hydrogen-bond acceptors (Lipinski definition) is 8. The number of aliphatic hydroxyl groups is 1. The molecule has 11 heteroatoms. The zero-order valence-electron chi connectivity index (χ0n) is 20.2. The summed E-state index contributed by atoms with van der Waals surface area (Å²) in [6.45, 7) is 4.60. The largest absolute Gasteiger partial charge is 0.390 e. The number of nitro groups is 1. The van der Waals surface area contributed by atoms with Gasteiger partial charge in [-0.05, 0) is 37.0 Å². The van der Waals surface area contributed by atoms with Gasteiger partial charge in [-0.15, -0.1) is 0 Å². The van der Waals surface area contributed by atoms with Crippen LogP contribution in [0.3, 0.4) is 0 Å². The molecule has 10 nitrogen and oxygen atoms in total. The first-order valence-corrected chi connectivity index (χ1v) is 13.8. The van der Waals surface area contributed by atoms with E-state index in [1.165, 1.54) is 28.6 Å². The molecule has 1 heterocycles. The maximum Gasteiger partial charge on any atom is 0.269 e. The van der Waals surface area contributed by atoms with Gasteiger partial charge < -0.3 is 15.2 Å². The van der Waals surface area contributed by atoms with Crippen LogP contribution in [-0.4, -0.2) is 91.8 Å². The van der Waals surface area contributed by atoms with Gasteiger partial charge in [-0.25, -0.2) is 8.42 Å². The van der Waals surface area contributed by atoms with Crippen LogP contribution >= 0.6 is 0 Å². The summed E-state index contributed by atoms with van der Waals surface area (Å²) < 4.78 is 33.6. The summed E-state index contributed by atoms with van der Waals surface area (Å²) in [5.74, 6) is 0. The molecule has 1 aliphatic heterocycles. The van der Waals surface area contributed by atoms with Gasteiger partial charge in [-0.3, -0.25) is 15.0 Å². The van der Waals surface area contributed by atoms with Crippen LogP contribution in [0.15, 0.2) is 59.5 Å². The van der Waals surface area contributed by atoms with Crippen LogP contribution in [0.1, 0.15) is 18.4 Å². The van der Waals surface area contributed by atoms with E-state index in [0.29, 0.717) is 26.2 Å². The van der Waals surface area contributed by atoms with E-state index in [9.17, 15) is 23.6 Å². The van der Waals surface area contributed by atoms with Crippen molar-refractivity contribution in [2.75, 3.05) is 45.9 Å². The van der Waals surface area contributed by atoms with Gasteiger partial charge >= 0.3 is 0 Å². The van der Waals surface area contributed by atoms with Gasteiger partial charge in [0, 0.05) is 56.9 Å². The highest BCUT2D eigenvalue weighted by Gasteiger charge is 2.40. The van der Waals surface area contributed by atoms with Gasteiger partial charge in [0.15, 0.2) is 0 Å². The Kier molecular flexibility index (Phi) is 9.04. The second-order valence-corrected chi connectivity index (χ2v) is 11.2. The first-order valence-electron chi connectivity index (χ1n) is 12.4. The quantitative estimate of drug-likeness (QED) is 0.303. The van der Waals surface area contributed by atoms with Gasteiger partial charge in [-0.2, -0.15) is 4.31 Å². The molecule has 1 aliphatic carbocycles. The average Bonchev–Trinajstić information content (AvgIpc) is 3.73. The SMILES string of the molecule is O=[N+]([O-])c1ccc(S(=O)(=O)N(C[C@@H](O)[C@H](Cc2ccccc2)NCCN2CCOCC2)C2CC2)cc1. The fourth-order valence-corrected chi connectivity index (χ4v) is 6.14. The Balaban J connectivity index is 1.46. The smallest absolute Gasteiger partial charge is 0.269 e. The number of aliphatic hydroxyl groups excluding tert-OH is 1. The van der Waals surface area contributed by atoms with Crippen LogP contribution in [0.4, 0.5) is 5.69 Å². The molecule has 2 fully saturated rings. The molecule has 1 saturated carbocycles. The maximum atomic E-state index is 13.4. The standard InChI is InChI=1S/C25H34N4O6S/c30-25(19-28(21-6-7-21)36(33,34)23-10-8-22(9-11-23)29(31)32)24(18-20-4-2-1-3-5-20)26-12-13-27-14-16-35-17-15-27/h1-5,8-11,21,24-26,30H,6-7,12-19H2/t24-,25+/m0/s1. The molecule has 0 bridgehead atoms. The first kappa shape index (κ1) is 26.6. The van der Waals surface area contributed by atoms with Crippen LogP contribution in [0.2, 0.25) is 0 Å². The number of sulfonamides is 1. The van der Waals surface area contributed by atoms with Crippen LogP contribution < -0.4 is 5.32 Å². The Labute approximate surface area is 212 Å². The molecule has 36 heavy (non-hydrogen) atoms. The van der Waals surface area contributed by atoms with Crippen molar-refractivity contribution in [2.45, 2.75) is 42.3 Å². The Hall–Kier alpha value is -2.41. The number of nitrogens with zero attached hydrogens (tertiary/aromatic N) is 3. The second-order valence-electron chi connectivity index (χ2n) is 9.33. The number of hydrogen-bond donors (Lipinski definition) is 2. The first-order chi connectivity index (χ1) is 17.3. The molecule has 2 atom stereocenters. The molecule has 1 saturated heterocycles. The maximum absolute atomic E-state index is 13.4. The zero-order valence-corrected chi connectivity index (χ0v) is 21.1. The van der Waals surface area contributed by atoms with E-state index in [4.69, 9.17) is 4.74 Å². The highest BCUT2D eigenvalue weighted by Crippen LogP contribution is 2.33. The third kappa shape index (κ3) is 7.09. The van der Waals surface area contributed by atoms with Crippen molar-refractivity contribution in [1.29, 1.82) is 0 Å². The molecular formula is C25H34N4O6S. The fraction of sp³-hybridized carbons (Fsp3) is 0.520. The molecule has 0 unspecified atom stereocenters. The molecule has 196 valence electrons. The molecular weight excluding hydrogens is 484 g/mol. The minimum Gasteiger partial charge on any atom is -0.390 e. The lowest BCUT2D eigenvalue weighted by Gasteiger charge is -2.31. The van der Waals surface area contributed by atoms with E-state index in [2.05, 4.69) is 10.2 Å². The Morgan fingerprint density at radius 3 is 2.39 bits per heavy atom. The molecule has 2 aromatic carbocycles. The lowest BCUT2D eigenvalue weighted by molar-refractivity contribution is -0.384. The number of rotatable bonds is 13. The molecule has 2 aromatic rings. The summed E-state index contributed by atoms with van der Waals surface area (Å²) in [7, 11) is -3.92. The number of nitrogens with one attached hydrogen (secondary N) is 1. The third-order valence-electron chi connectivity index (χ3n) is 6.68. The Morgan fingerprint density at radius 1 is 1.11 bits per heavy atom. The number of benzene rings is 2. The number of ether oxygens (including phenoxy) is 1. The van der Waals surface area contributed by atoms with Crippen LogP contribution in [0.5, 0.6) is 0 Å². The van der Waals surface area contributed by atoms with E-state index in [1.54, 1.807) is 0 Å². The van der Waals surface area contributed by atoms with Crippen molar-refractivity contribution in [3.63, 3.8) is 0 Å². The zero-order chi connectivity index (χ0) is 25.5. The minimum absolute atomic E-state index is 0.00733. The monoisotopic (exact) mass is 518 g/mol. The van der Waals surface area contributed by atoms with Crippen molar-refractivity contribution in [2.24, 2.45) is 0 Å². The Morgan fingerprint density at radius 2 is 1.78 bits per heavy atom. The molecule has 4 rings (SSSR count). The highest BCUT2D eigenvalue weighted by molar-refractivity contribution is 7.89. The third-order valence-corrected chi connectivity index (χ3v) is 8.61. The van der Waals surface area contributed by atoms with Crippen LogP contribution in [-0.2, 0) is 21.2 Å². The molecule has 0 radical (unpaired) electrons. The van der Waals surface area contributed by atoms with Crippen molar-refractivity contribution in [1.82, 2.24) is 14.5 Å². The number of non-ortho nitro benzene ring substituents is 1. The van der Waals surface area contributed by atoms with Gasteiger partial charge in [0.25, 0.3) is 5.69 Å². The Bertz CT molecular complexity index is 1090. The van der Waals surface area contributed by atoms with Crippen LogP contribution in [0, 0.1) is 10.1 Å². The van der Waals surface area contributed by atoms with Crippen LogP contribution in [0.25, 0.3) is 0 Å². The molecule has 0 spiro atoms.